The van der Waals surface area contributed by atoms with E-state index in [4.69, 9.17) is 9.47 Å². The summed E-state index contributed by atoms with van der Waals surface area (Å²) >= 11 is 0. The van der Waals surface area contributed by atoms with Gasteiger partial charge in [0.2, 0.25) is 0 Å². The Balaban J connectivity index is 1.72. The van der Waals surface area contributed by atoms with E-state index in [1.54, 1.807) is 14.2 Å². The highest BCUT2D eigenvalue weighted by molar-refractivity contribution is 5.58. The van der Waals surface area contributed by atoms with Crippen LogP contribution in [-0.4, -0.2) is 72.1 Å². The number of para-hydroxylation sites is 2. The SMILES string of the molecule is COCCn1nnnc1[C@H](CC(C)C)N1CCN(c2ccccc2OC)CC1. The van der Waals surface area contributed by atoms with Gasteiger partial charge in [0.15, 0.2) is 5.82 Å². The molecule has 8 heteroatoms. The number of hydrogen-bond acceptors (Lipinski definition) is 7. The molecule has 0 amide bonds. The van der Waals surface area contributed by atoms with Gasteiger partial charge in [0.1, 0.15) is 5.75 Å². The normalized spacial score (nSPS) is 16.5. The molecule has 0 aliphatic carbocycles. The van der Waals surface area contributed by atoms with Gasteiger partial charge in [0, 0.05) is 33.3 Å². The summed E-state index contributed by atoms with van der Waals surface area (Å²) in [6.45, 7) is 9.62. The molecule has 154 valence electrons. The molecule has 3 rings (SSSR count). The number of ether oxygens (including phenoxy) is 2. The Hall–Kier alpha value is -2.19. The third-order valence-corrected chi connectivity index (χ3v) is 5.24. The average molecular weight is 389 g/mol. The van der Waals surface area contributed by atoms with Crippen LogP contribution in [-0.2, 0) is 11.3 Å². The van der Waals surface area contributed by atoms with E-state index in [0.29, 0.717) is 19.1 Å². The maximum Gasteiger partial charge on any atom is 0.168 e. The van der Waals surface area contributed by atoms with Gasteiger partial charge in [-0.15, -0.1) is 5.10 Å². The van der Waals surface area contributed by atoms with E-state index >= 15 is 0 Å². The highest BCUT2D eigenvalue weighted by Gasteiger charge is 2.30. The summed E-state index contributed by atoms with van der Waals surface area (Å²) in [6, 6.07) is 8.44. The molecule has 1 aliphatic rings. The van der Waals surface area contributed by atoms with Gasteiger partial charge in [-0.05, 0) is 34.9 Å². The summed E-state index contributed by atoms with van der Waals surface area (Å²) < 4.78 is 12.6. The Morgan fingerprint density at radius 1 is 1.07 bits per heavy atom. The van der Waals surface area contributed by atoms with Crippen LogP contribution in [0, 0.1) is 5.92 Å². The van der Waals surface area contributed by atoms with E-state index in [0.717, 1.165) is 49.9 Å². The molecule has 2 heterocycles. The number of methoxy groups -OCH3 is 2. The van der Waals surface area contributed by atoms with Gasteiger partial charge in [-0.25, -0.2) is 4.68 Å². The number of piperazine rings is 1. The van der Waals surface area contributed by atoms with Crippen molar-refractivity contribution in [3.05, 3.63) is 30.1 Å². The molecule has 2 aromatic rings. The van der Waals surface area contributed by atoms with Crippen molar-refractivity contribution < 1.29 is 9.47 Å². The largest absolute Gasteiger partial charge is 0.495 e. The zero-order chi connectivity index (χ0) is 19.9. The molecule has 0 saturated carbocycles. The Labute approximate surface area is 167 Å². The predicted octanol–water partition coefficient (Wildman–Crippen LogP) is 2.24. The first-order valence-electron chi connectivity index (χ1n) is 10.0. The minimum Gasteiger partial charge on any atom is -0.495 e. The highest BCUT2D eigenvalue weighted by atomic mass is 16.5. The zero-order valence-electron chi connectivity index (χ0n) is 17.4. The number of anilines is 1. The van der Waals surface area contributed by atoms with E-state index in [1.807, 2.05) is 16.8 Å². The molecule has 0 spiro atoms. The Morgan fingerprint density at radius 3 is 2.50 bits per heavy atom. The van der Waals surface area contributed by atoms with Crippen molar-refractivity contribution in [2.75, 3.05) is 51.9 Å². The molecule has 0 unspecified atom stereocenters. The Bertz CT molecular complexity index is 727. The zero-order valence-corrected chi connectivity index (χ0v) is 17.4. The summed E-state index contributed by atoms with van der Waals surface area (Å²) in [7, 11) is 3.43. The number of nitrogens with zero attached hydrogens (tertiary/aromatic N) is 6. The second kappa shape index (κ2) is 9.84. The lowest BCUT2D eigenvalue weighted by molar-refractivity contribution is 0.145. The van der Waals surface area contributed by atoms with E-state index in [2.05, 4.69) is 51.3 Å². The maximum absolute atomic E-state index is 5.54. The van der Waals surface area contributed by atoms with Gasteiger partial charge in [0.25, 0.3) is 0 Å². The molecule has 1 saturated heterocycles. The smallest absolute Gasteiger partial charge is 0.168 e. The molecule has 0 bridgehead atoms. The van der Waals surface area contributed by atoms with Crippen LogP contribution in [0.5, 0.6) is 5.75 Å². The first kappa shape index (κ1) is 20.5. The monoisotopic (exact) mass is 388 g/mol. The lowest BCUT2D eigenvalue weighted by Crippen LogP contribution is -2.48. The van der Waals surface area contributed by atoms with E-state index in [1.165, 1.54) is 0 Å². The summed E-state index contributed by atoms with van der Waals surface area (Å²) in [5, 5.41) is 12.5. The van der Waals surface area contributed by atoms with Gasteiger partial charge < -0.3 is 14.4 Å². The fourth-order valence-electron chi connectivity index (χ4n) is 3.82. The average Bonchev–Trinajstić information content (AvgIpc) is 3.18. The quantitative estimate of drug-likeness (QED) is 0.652. The van der Waals surface area contributed by atoms with Crippen molar-refractivity contribution >= 4 is 5.69 Å². The first-order valence-corrected chi connectivity index (χ1v) is 10.0. The van der Waals surface area contributed by atoms with Crippen LogP contribution in [0.4, 0.5) is 5.69 Å². The Morgan fingerprint density at radius 2 is 1.82 bits per heavy atom. The van der Waals surface area contributed by atoms with Crippen molar-refractivity contribution in [3.63, 3.8) is 0 Å². The highest BCUT2D eigenvalue weighted by Crippen LogP contribution is 2.31. The molecular formula is C20H32N6O2. The number of aromatic nitrogens is 4. The molecule has 0 N–H and O–H groups in total. The lowest BCUT2D eigenvalue weighted by atomic mass is 10.0. The molecule has 1 aliphatic heterocycles. The minimum absolute atomic E-state index is 0.215. The van der Waals surface area contributed by atoms with Gasteiger partial charge in [0.05, 0.1) is 32.0 Å². The topological polar surface area (TPSA) is 68.5 Å². The first-order chi connectivity index (χ1) is 13.6. The van der Waals surface area contributed by atoms with Crippen LogP contribution in [0.3, 0.4) is 0 Å². The second-order valence-electron chi connectivity index (χ2n) is 7.59. The fraction of sp³-hybridized carbons (Fsp3) is 0.650. The third-order valence-electron chi connectivity index (χ3n) is 5.24. The minimum atomic E-state index is 0.215. The van der Waals surface area contributed by atoms with Gasteiger partial charge in [-0.1, -0.05) is 26.0 Å². The van der Waals surface area contributed by atoms with E-state index in [9.17, 15) is 0 Å². The summed E-state index contributed by atoms with van der Waals surface area (Å²) in [5.74, 6) is 2.43. The Kier molecular flexibility index (Phi) is 7.22. The van der Waals surface area contributed by atoms with E-state index < -0.39 is 0 Å². The van der Waals surface area contributed by atoms with Gasteiger partial charge in [-0.3, -0.25) is 4.90 Å². The molecule has 1 fully saturated rings. The third kappa shape index (κ3) is 4.80. The molecule has 0 radical (unpaired) electrons. The summed E-state index contributed by atoms with van der Waals surface area (Å²) in [6.07, 6.45) is 1.03. The maximum atomic E-state index is 5.54. The molecular weight excluding hydrogens is 356 g/mol. The van der Waals surface area contributed by atoms with Crippen molar-refractivity contribution in [3.8, 4) is 5.75 Å². The molecule has 1 atom stereocenters. The lowest BCUT2D eigenvalue weighted by Gasteiger charge is -2.40. The van der Waals surface area contributed by atoms with Crippen molar-refractivity contribution in [1.82, 2.24) is 25.1 Å². The molecule has 1 aromatic heterocycles. The second-order valence-corrected chi connectivity index (χ2v) is 7.59. The summed E-state index contributed by atoms with van der Waals surface area (Å²) in [4.78, 5) is 4.91. The molecule has 1 aromatic carbocycles. The number of benzene rings is 1. The van der Waals surface area contributed by atoms with Crippen LogP contribution in [0.25, 0.3) is 0 Å². The van der Waals surface area contributed by atoms with Crippen LogP contribution in [0.2, 0.25) is 0 Å². The van der Waals surface area contributed by atoms with Crippen LogP contribution in [0.15, 0.2) is 24.3 Å². The van der Waals surface area contributed by atoms with Crippen molar-refractivity contribution in [2.24, 2.45) is 5.92 Å². The van der Waals surface area contributed by atoms with Gasteiger partial charge >= 0.3 is 0 Å². The number of tetrazole rings is 1. The van der Waals surface area contributed by atoms with Crippen molar-refractivity contribution in [2.45, 2.75) is 32.9 Å². The number of rotatable bonds is 9. The molecule has 8 nitrogen and oxygen atoms in total. The molecule has 28 heavy (non-hydrogen) atoms. The fourth-order valence-corrected chi connectivity index (χ4v) is 3.82. The van der Waals surface area contributed by atoms with Crippen LogP contribution in [0.1, 0.15) is 32.1 Å². The predicted molar refractivity (Wildman–Crippen MR) is 109 cm³/mol. The van der Waals surface area contributed by atoms with Crippen LogP contribution < -0.4 is 9.64 Å². The standard InChI is InChI=1S/C20H32N6O2/c1-16(2)15-18(20-21-22-23-26(20)13-14-27-3)25-11-9-24(10-12-25)17-7-5-6-8-19(17)28-4/h5-8,16,18H,9-15H2,1-4H3/t18-/m0/s1. The van der Waals surface area contributed by atoms with Crippen molar-refractivity contribution in [1.29, 1.82) is 0 Å². The van der Waals surface area contributed by atoms with E-state index in [-0.39, 0.29) is 6.04 Å². The number of hydrogen-bond donors (Lipinski definition) is 0. The van der Waals surface area contributed by atoms with Gasteiger partial charge in [-0.2, -0.15) is 0 Å². The summed E-state index contributed by atoms with van der Waals surface area (Å²) in [5.41, 5.74) is 1.16. The van der Waals surface area contributed by atoms with Crippen LogP contribution >= 0.6 is 0 Å².